The van der Waals surface area contributed by atoms with Gasteiger partial charge in [-0.05, 0) is 35.7 Å². The van der Waals surface area contributed by atoms with Gasteiger partial charge in [0, 0.05) is 0 Å². The maximum atomic E-state index is 12.0. The van der Waals surface area contributed by atoms with Gasteiger partial charge in [0.15, 0.2) is 0 Å². The van der Waals surface area contributed by atoms with Gasteiger partial charge in [0.2, 0.25) is 0 Å². The largest absolute Gasteiger partial charge is 0.508 e. The molecule has 2 aromatic rings. The Morgan fingerprint density at radius 2 is 1.89 bits per heavy atom. The molecule has 2 rings (SSSR count). The van der Waals surface area contributed by atoms with E-state index in [0.717, 1.165) is 12.0 Å². The van der Waals surface area contributed by atoms with Gasteiger partial charge in [-0.25, -0.2) is 4.79 Å². The quantitative estimate of drug-likeness (QED) is 0.850. The van der Waals surface area contributed by atoms with Crippen LogP contribution in [0.15, 0.2) is 48.5 Å². The molecule has 3 nitrogen and oxygen atoms in total. The fraction of sp³-hybridized carbons (Fsp3) is 0.188. The Labute approximate surface area is 112 Å². The summed E-state index contributed by atoms with van der Waals surface area (Å²) in [5, 5.41) is 9.60. The average molecular weight is 256 g/mol. The molecule has 0 amide bonds. The molecule has 98 valence electrons. The minimum Gasteiger partial charge on any atom is -0.508 e. The molecule has 0 unspecified atom stereocenters. The summed E-state index contributed by atoms with van der Waals surface area (Å²) < 4.78 is 5.16. The van der Waals surface area contributed by atoms with Crippen molar-refractivity contribution in [2.75, 3.05) is 6.61 Å². The van der Waals surface area contributed by atoms with E-state index < -0.39 is 0 Å². The van der Waals surface area contributed by atoms with E-state index in [1.165, 1.54) is 6.07 Å². The molecule has 0 aliphatic rings. The highest BCUT2D eigenvalue weighted by atomic mass is 16.5. The van der Waals surface area contributed by atoms with Gasteiger partial charge in [-0.3, -0.25) is 0 Å². The van der Waals surface area contributed by atoms with Crippen LogP contribution in [-0.2, 0) is 4.74 Å². The van der Waals surface area contributed by atoms with E-state index >= 15 is 0 Å². The lowest BCUT2D eigenvalue weighted by atomic mass is 9.99. The van der Waals surface area contributed by atoms with Gasteiger partial charge < -0.3 is 9.84 Å². The summed E-state index contributed by atoms with van der Waals surface area (Å²) >= 11 is 0. The molecule has 0 fully saturated rings. The van der Waals surface area contributed by atoms with Crippen molar-refractivity contribution in [3.8, 4) is 16.9 Å². The third-order valence-corrected chi connectivity index (χ3v) is 2.75. The summed E-state index contributed by atoms with van der Waals surface area (Å²) in [6.45, 7) is 2.34. The molecule has 0 radical (unpaired) electrons. The Balaban J connectivity index is 2.41. The maximum Gasteiger partial charge on any atom is 0.338 e. The zero-order chi connectivity index (χ0) is 13.7. The highest BCUT2D eigenvalue weighted by molar-refractivity contribution is 5.97. The lowest BCUT2D eigenvalue weighted by Gasteiger charge is -2.10. The summed E-state index contributed by atoms with van der Waals surface area (Å²) in [7, 11) is 0. The van der Waals surface area contributed by atoms with Gasteiger partial charge >= 0.3 is 5.97 Å². The highest BCUT2D eigenvalue weighted by Gasteiger charge is 2.14. The zero-order valence-corrected chi connectivity index (χ0v) is 10.8. The number of carbonyl (C=O) groups is 1. The Kier molecular flexibility index (Phi) is 4.18. The lowest BCUT2D eigenvalue weighted by molar-refractivity contribution is 0.0506. The number of esters is 1. The van der Waals surface area contributed by atoms with Crippen LogP contribution in [0.25, 0.3) is 11.1 Å². The maximum absolute atomic E-state index is 12.0. The summed E-state index contributed by atoms with van der Waals surface area (Å²) in [5.41, 5.74) is 2.03. The molecule has 0 saturated heterocycles. The van der Waals surface area contributed by atoms with Crippen LogP contribution in [-0.4, -0.2) is 17.7 Å². The van der Waals surface area contributed by atoms with E-state index in [1.54, 1.807) is 12.1 Å². The number of hydrogen-bond donors (Lipinski definition) is 1. The molecule has 0 aliphatic heterocycles. The Hall–Kier alpha value is -2.29. The van der Waals surface area contributed by atoms with Crippen molar-refractivity contribution >= 4 is 5.97 Å². The standard InChI is InChI=1S/C16H16O3/c1-2-10-19-16(18)14-9-8-13(17)11-15(14)12-6-4-3-5-7-12/h3-9,11,17H,2,10H2,1H3. The number of ether oxygens (including phenoxy) is 1. The van der Waals surface area contributed by atoms with Crippen molar-refractivity contribution in [2.24, 2.45) is 0 Å². The summed E-state index contributed by atoms with van der Waals surface area (Å²) in [5.74, 6) is -0.230. The van der Waals surface area contributed by atoms with Crippen molar-refractivity contribution in [3.05, 3.63) is 54.1 Å². The van der Waals surface area contributed by atoms with E-state index in [4.69, 9.17) is 4.74 Å². The van der Waals surface area contributed by atoms with Crippen LogP contribution in [0.3, 0.4) is 0 Å². The van der Waals surface area contributed by atoms with Crippen LogP contribution >= 0.6 is 0 Å². The number of rotatable bonds is 4. The van der Waals surface area contributed by atoms with Gasteiger partial charge in [-0.1, -0.05) is 37.3 Å². The predicted octanol–water partition coefficient (Wildman–Crippen LogP) is 3.63. The summed E-state index contributed by atoms with van der Waals surface area (Å²) in [4.78, 5) is 12.0. The van der Waals surface area contributed by atoms with Gasteiger partial charge in [0.05, 0.1) is 12.2 Å². The normalized spacial score (nSPS) is 10.2. The van der Waals surface area contributed by atoms with E-state index in [-0.39, 0.29) is 11.7 Å². The van der Waals surface area contributed by atoms with E-state index in [2.05, 4.69) is 0 Å². The van der Waals surface area contributed by atoms with Crippen LogP contribution in [0.5, 0.6) is 5.75 Å². The highest BCUT2D eigenvalue weighted by Crippen LogP contribution is 2.28. The number of aromatic hydroxyl groups is 1. The first-order valence-electron chi connectivity index (χ1n) is 6.28. The minimum absolute atomic E-state index is 0.130. The number of carbonyl (C=O) groups excluding carboxylic acids is 1. The van der Waals surface area contributed by atoms with Crippen molar-refractivity contribution in [1.82, 2.24) is 0 Å². The van der Waals surface area contributed by atoms with Gasteiger partial charge in [-0.2, -0.15) is 0 Å². The van der Waals surface area contributed by atoms with Crippen LogP contribution in [0.4, 0.5) is 0 Å². The fourth-order valence-electron chi connectivity index (χ4n) is 1.84. The van der Waals surface area contributed by atoms with Crippen molar-refractivity contribution in [1.29, 1.82) is 0 Å². The Morgan fingerprint density at radius 1 is 1.16 bits per heavy atom. The predicted molar refractivity (Wildman–Crippen MR) is 74.1 cm³/mol. The third-order valence-electron chi connectivity index (χ3n) is 2.75. The molecule has 0 aliphatic carbocycles. The number of phenolic OH excluding ortho intramolecular Hbond substituents is 1. The molecular formula is C16H16O3. The second-order valence-corrected chi connectivity index (χ2v) is 4.23. The van der Waals surface area contributed by atoms with Gasteiger partial charge in [0.1, 0.15) is 5.75 Å². The van der Waals surface area contributed by atoms with Gasteiger partial charge in [-0.15, -0.1) is 0 Å². The number of phenols is 1. The smallest absolute Gasteiger partial charge is 0.338 e. The average Bonchev–Trinajstić information content (AvgIpc) is 2.45. The van der Waals surface area contributed by atoms with E-state index in [0.29, 0.717) is 17.7 Å². The molecule has 0 aromatic heterocycles. The zero-order valence-electron chi connectivity index (χ0n) is 10.8. The Morgan fingerprint density at radius 3 is 2.58 bits per heavy atom. The molecule has 0 saturated carbocycles. The van der Waals surface area contributed by atoms with E-state index in [9.17, 15) is 9.90 Å². The van der Waals surface area contributed by atoms with Crippen molar-refractivity contribution < 1.29 is 14.6 Å². The molecule has 3 heteroatoms. The molecular weight excluding hydrogens is 240 g/mol. The van der Waals surface area contributed by atoms with Crippen molar-refractivity contribution in [2.45, 2.75) is 13.3 Å². The third kappa shape index (κ3) is 3.13. The Bertz CT molecular complexity index is 561. The molecule has 19 heavy (non-hydrogen) atoms. The fourth-order valence-corrected chi connectivity index (χ4v) is 1.84. The number of hydrogen-bond acceptors (Lipinski definition) is 3. The second-order valence-electron chi connectivity index (χ2n) is 4.23. The van der Waals surface area contributed by atoms with Crippen molar-refractivity contribution in [3.63, 3.8) is 0 Å². The lowest BCUT2D eigenvalue weighted by Crippen LogP contribution is -2.07. The molecule has 0 spiro atoms. The summed E-state index contributed by atoms with van der Waals surface area (Å²) in [6.07, 6.45) is 0.782. The molecule has 0 heterocycles. The summed E-state index contributed by atoms with van der Waals surface area (Å²) in [6, 6.07) is 14.1. The minimum atomic E-state index is -0.360. The second kappa shape index (κ2) is 6.05. The van der Waals surface area contributed by atoms with Crippen LogP contribution in [0, 0.1) is 0 Å². The molecule has 2 aromatic carbocycles. The molecule has 1 N–H and O–H groups in total. The molecule has 0 atom stereocenters. The van der Waals surface area contributed by atoms with Crippen LogP contribution in [0.1, 0.15) is 23.7 Å². The topological polar surface area (TPSA) is 46.5 Å². The van der Waals surface area contributed by atoms with Crippen LogP contribution < -0.4 is 0 Å². The first-order chi connectivity index (χ1) is 9.22. The molecule has 0 bridgehead atoms. The van der Waals surface area contributed by atoms with Gasteiger partial charge in [0.25, 0.3) is 0 Å². The van der Waals surface area contributed by atoms with Crippen LogP contribution in [0.2, 0.25) is 0 Å². The monoisotopic (exact) mass is 256 g/mol. The first kappa shape index (κ1) is 13.1. The number of benzene rings is 2. The first-order valence-corrected chi connectivity index (χ1v) is 6.28. The SMILES string of the molecule is CCCOC(=O)c1ccc(O)cc1-c1ccccc1. The van der Waals surface area contributed by atoms with E-state index in [1.807, 2.05) is 37.3 Å².